The Morgan fingerprint density at radius 2 is 1.78 bits per heavy atom. The molecule has 0 unspecified atom stereocenters. The van der Waals surface area contributed by atoms with E-state index in [9.17, 15) is 23.2 Å². The molecular weight excluding hydrogens is 424 g/mol. The maximum absolute atomic E-state index is 12.7. The van der Waals surface area contributed by atoms with E-state index in [4.69, 9.17) is 5.73 Å². The third-order valence-corrected chi connectivity index (χ3v) is 4.36. The molecule has 32 heavy (non-hydrogen) atoms. The lowest BCUT2D eigenvalue weighted by atomic mass is 10.2. The topological polar surface area (TPSA) is 122 Å². The summed E-state index contributed by atoms with van der Waals surface area (Å²) in [4.78, 5) is 41.3. The van der Waals surface area contributed by atoms with Crippen molar-refractivity contribution in [2.24, 2.45) is 11.8 Å². The van der Waals surface area contributed by atoms with E-state index < -0.39 is 23.8 Å². The molecule has 2 aromatic rings. The van der Waals surface area contributed by atoms with Gasteiger partial charge in [-0.25, -0.2) is 4.79 Å². The Hall–Kier alpha value is -3.37. The van der Waals surface area contributed by atoms with Crippen LogP contribution in [0.25, 0.3) is 0 Å². The van der Waals surface area contributed by atoms with E-state index in [1.54, 1.807) is 0 Å². The number of hydrogen-bond donors (Lipinski definition) is 3. The van der Waals surface area contributed by atoms with Crippen LogP contribution >= 0.6 is 0 Å². The Morgan fingerprint density at radius 3 is 2.31 bits per heavy atom. The first kappa shape index (κ1) is 24.9. The molecule has 0 saturated heterocycles. The second kappa shape index (κ2) is 10.8. The number of hydrogen-bond acceptors (Lipinski definition) is 6. The predicted octanol–water partition coefficient (Wildman–Crippen LogP) is 2.48. The molecule has 11 heteroatoms. The Bertz CT molecular complexity index is 1030. The molecule has 0 spiro atoms. The second-order valence-corrected chi connectivity index (χ2v) is 8.22. The summed E-state index contributed by atoms with van der Waals surface area (Å²) in [6.45, 7) is 5.15. The fourth-order valence-corrected chi connectivity index (χ4v) is 3.20. The number of amides is 1. The summed E-state index contributed by atoms with van der Waals surface area (Å²) >= 11 is 0. The zero-order valence-corrected chi connectivity index (χ0v) is 18.5. The van der Waals surface area contributed by atoms with Crippen LogP contribution in [0.15, 0.2) is 33.9 Å². The molecule has 0 aliphatic rings. The quantitative estimate of drug-likeness (QED) is 0.508. The van der Waals surface area contributed by atoms with Crippen molar-refractivity contribution in [1.82, 2.24) is 9.55 Å². The highest BCUT2D eigenvalue weighted by Gasteiger charge is 2.22. The number of nitrogen functional groups attached to an aromatic ring is 1. The maximum atomic E-state index is 12.7. The van der Waals surface area contributed by atoms with Gasteiger partial charge in [0.25, 0.3) is 5.56 Å². The minimum atomic E-state index is -2.94. The Morgan fingerprint density at radius 1 is 1.16 bits per heavy atom. The smallest absolute Gasteiger partial charge is 0.387 e. The van der Waals surface area contributed by atoms with Crippen molar-refractivity contribution in [3.63, 3.8) is 0 Å². The SMILES string of the molecule is CC(C)CN(CC(=O)Nc1ccc(OC(F)F)cc1)c1c(N)n(CC(C)C)c(=O)[nH]c1=O. The van der Waals surface area contributed by atoms with Crippen molar-refractivity contribution in [1.29, 1.82) is 0 Å². The third-order valence-electron chi connectivity index (χ3n) is 4.36. The molecule has 176 valence electrons. The average Bonchev–Trinajstić information content (AvgIpc) is 2.65. The highest BCUT2D eigenvalue weighted by atomic mass is 19.3. The molecule has 1 amide bonds. The van der Waals surface area contributed by atoms with E-state index in [0.717, 1.165) is 0 Å². The summed E-state index contributed by atoms with van der Waals surface area (Å²) in [5.74, 6) is -0.306. The van der Waals surface area contributed by atoms with E-state index in [-0.39, 0.29) is 35.6 Å². The van der Waals surface area contributed by atoms with Crippen LogP contribution in [-0.2, 0) is 11.3 Å². The van der Waals surface area contributed by atoms with Crippen molar-refractivity contribution < 1.29 is 18.3 Å². The monoisotopic (exact) mass is 453 g/mol. The number of rotatable bonds is 10. The zero-order valence-electron chi connectivity index (χ0n) is 18.5. The van der Waals surface area contributed by atoms with Crippen molar-refractivity contribution in [3.8, 4) is 5.75 Å². The fraction of sp³-hybridized carbons (Fsp3) is 0.476. The van der Waals surface area contributed by atoms with E-state index in [0.29, 0.717) is 18.8 Å². The number of carbonyl (C=O) groups excluding carboxylic acids is 1. The summed E-state index contributed by atoms with van der Waals surface area (Å²) in [7, 11) is 0. The largest absolute Gasteiger partial charge is 0.435 e. The molecule has 1 aromatic heterocycles. The number of H-pyrrole nitrogens is 1. The Balaban J connectivity index is 2.28. The molecule has 0 radical (unpaired) electrons. The molecule has 0 bridgehead atoms. The maximum Gasteiger partial charge on any atom is 0.387 e. The van der Waals surface area contributed by atoms with Gasteiger partial charge in [0, 0.05) is 18.8 Å². The molecule has 0 aliphatic heterocycles. The lowest BCUT2D eigenvalue weighted by Gasteiger charge is -2.27. The van der Waals surface area contributed by atoms with Crippen molar-refractivity contribution in [2.75, 3.05) is 29.0 Å². The minimum Gasteiger partial charge on any atom is -0.435 e. The third kappa shape index (κ3) is 6.82. The van der Waals surface area contributed by atoms with Gasteiger partial charge in [-0.05, 0) is 36.1 Å². The molecule has 0 atom stereocenters. The number of alkyl halides is 2. The van der Waals surface area contributed by atoms with Crippen LogP contribution in [0.4, 0.5) is 26.0 Å². The van der Waals surface area contributed by atoms with Crippen LogP contribution in [0.1, 0.15) is 27.7 Å². The van der Waals surface area contributed by atoms with Gasteiger partial charge < -0.3 is 20.7 Å². The molecule has 0 aliphatic carbocycles. The fourth-order valence-electron chi connectivity index (χ4n) is 3.20. The molecule has 4 N–H and O–H groups in total. The number of anilines is 3. The molecule has 2 rings (SSSR count). The molecule has 1 aromatic carbocycles. The van der Waals surface area contributed by atoms with Gasteiger partial charge in [-0.3, -0.25) is 19.1 Å². The lowest BCUT2D eigenvalue weighted by molar-refractivity contribution is -0.115. The first-order chi connectivity index (χ1) is 15.0. The van der Waals surface area contributed by atoms with Crippen LogP contribution in [0, 0.1) is 11.8 Å². The Kier molecular flexibility index (Phi) is 8.39. The van der Waals surface area contributed by atoms with Gasteiger partial charge in [-0.1, -0.05) is 27.7 Å². The summed E-state index contributed by atoms with van der Waals surface area (Å²) in [6, 6.07) is 5.45. The molecule has 1 heterocycles. The van der Waals surface area contributed by atoms with Crippen LogP contribution in [0.5, 0.6) is 5.75 Å². The van der Waals surface area contributed by atoms with Gasteiger partial charge in [-0.2, -0.15) is 8.78 Å². The number of aromatic nitrogens is 2. The summed E-state index contributed by atoms with van der Waals surface area (Å²) in [6.07, 6.45) is 0. The normalized spacial score (nSPS) is 11.3. The van der Waals surface area contributed by atoms with Crippen LogP contribution < -0.4 is 31.9 Å². The van der Waals surface area contributed by atoms with E-state index in [1.807, 2.05) is 27.7 Å². The van der Waals surface area contributed by atoms with Crippen LogP contribution in [0.3, 0.4) is 0 Å². The summed E-state index contributed by atoms with van der Waals surface area (Å²) in [5, 5.41) is 2.65. The Labute approximate surface area is 184 Å². The van der Waals surface area contributed by atoms with Gasteiger partial charge >= 0.3 is 12.3 Å². The average molecular weight is 453 g/mol. The van der Waals surface area contributed by atoms with Crippen molar-refractivity contribution >= 4 is 23.1 Å². The number of carbonyl (C=O) groups is 1. The van der Waals surface area contributed by atoms with Gasteiger partial charge in [0.15, 0.2) is 0 Å². The number of nitrogens with one attached hydrogen (secondary N) is 2. The van der Waals surface area contributed by atoms with Crippen molar-refractivity contribution in [2.45, 2.75) is 40.9 Å². The van der Waals surface area contributed by atoms with E-state index in [2.05, 4.69) is 15.0 Å². The first-order valence-electron chi connectivity index (χ1n) is 10.2. The number of halogens is 2. The van der Waals surface area contributed by atoms with Crippen LogP contribution in [0.2, 0.25) is 0 Å². The number of nitrogens with zero attached hydrogens (tertiary/aromatic N) is 2. The van der Waals surface area contributed by atoms with Crippen molar-refractivity contribution in [3.05, 3.63) is 45.1 Å². The molecule has 0 saturated carbocycles. The van der Waals surface area contributed by atoms with E-state index in [1.165, 1.54) is 33.7 Å². The number of aromatic amines is 1. The lowest BCUT2D eigenvalue weighted by Crippen LogP contribution is -2.43. The highest BCUT2D eigenvalue weighted by Crippen LogP contribution is 2.20. The summed E-state index contributed by atoms with van der Waals surface area (Å²) in [5.41, 5.74) is 5.33. The van der Waals surface area contributed by atoms with Gasteiger partial charge in [0.2, 0.25) is 5.91 Å². The van der Waals surface area contributed by atoms with Gasteiger partial charge in [-0.15, -0.1) is 0 Å². The van der Waals surface area contributed by atoms with Gasteiger partial charge in [0.05, 0.1) is 6.54 Å². The minimum absolute atomic E-state index is 0.00518. The standard InChI is InChI=1S/C21H29F2N5O4/c1-12(2)9-27(17-18(24)28(10-13(3)4)21(31)26-19(17)30)11-16(29)25-14-5-7-15(8-6-14)32-20(22)23/h5-8,12-13,20H,9-11,24H2,1-4H3,(H,25,29)(H,26,30,31). The van der Waals surface area contributed by atoms with Crippen LogP contribution in [-0.4, -0.2) is 35.2 Å². The van der Waals surface area contributed by atoms with Gasteiger partial charge in [0.1, 0.15) is 17.3 Å². The molecule has 0 fully saturated rings. The number of nitrogens with two attached hydrogens (primary N) is 1. The number of ether oxygens (including phenoxy) is 1. The second-order valence-electron chi connectivity index (χ2n) is 8.22. The highest BCUT2D eigenvalue weighted by molar-refractivity contribution is 5.94. The van der Waals surface area contributed by atoms with E-state index >= 15 is 0 Å². The molecular formula is C21H29F2N5O4. The molecule has 9 nitrogen and oxygen atoms in total. The summed E-state index contributed by atoms with van der Waals surface area (Å²) < 4.78 is 30.1. The zero-order chi connectivity index (χ0) is 24.0. The first-order valence-corrected chi connectivity index (χ1v) is 10.2. The number of benzene rings is 1. The predicted molar refractivity (Wildman–Crippen MR) is 119 cm³/mol.